The third-order valence-electron chi connectivity index (χ3n) is 3.75. The number of non-ortho nitro benzene ring substituents is 1. The van der Waals surface area contributed by atoms with Gasteiger partial charge in [-0.15, -0.1) is 0 Å². The Balaban J connectivity index is 1.76. The Labute approximate surface area is 158 Å². The van der Waals surface area contributed by atoms with Crippen molar-refractivity contribution in [2.45, 2.75) is 0 Å². The van der Waals surface area contributed by atoms with Crippen LogP contribution >= 0.6 is 0 Å². The molecule has 0 aliphatic carbocycles. The molecular weight excluding hydrogens is 366 g/mol. The molecular formula is C19H13N3O6. The molecule has 140 valence electrons. The number of rotatable bonds is 6. The van der Waals surface area contributed by atoms with Crippen molar-refractivity contribution in [2.24, 2.45) is 10.9 Å². The van der Waals surface area contributed by atoms with Crippen LogP contribution in [-0.2, 0) is 0 Å². The van der Waals surface area contributed by atoms with E-state index in [1.54, 1.807) is 6.07 Å². The first kappa shape index (κ1) is 18.5. The van der Waals surface area contributed by atoms with Crippen molar-refractivity contribution in [3.05, 3.63) is 93.9 Å². The van der Waals surface area contributed by atoms with Gasteiger partial charge in [0, 0.05) is 23.3 Å². The van der Waals surface area contributed by atoms with E-state index in [0.29, 0.717) is 5.56 Å². The molecule has 3 rings (SSSR count). The Bertz CT molecular complexity index is 1040. The lowest BCUT2D eigenvalue weighted by atomic mass is 10.0. The highest BCUT2D eigenvalue weighted by Gasteiger charge is 2.18. The summed E-state index contributed by atoms with van der Waals surface area (Å²) in [4.78, 5) is 34.6. The van der Waals surface area contributed by atoms with E-state index < -0.39 is 16.7 Å². The molecule has 9 heteroatoms. The SMILES string of the molecule is N/N=C(/C(=O)c1ccc([N+](=O)[O-])cc1)c1ccc(OC(=O)c2ccco2)cc1. The number of hydrogen-bond donors (Lipinski definition) is 1. The Morgan fingerprint density at radius 1 is 1.00 bits per heavy atom. The summed E-state index contributed by atoms with van der Waals surface area (Å²) in [5.41, 5.74) is 0.412. The first-order chi connectivity index (χ1) is 13.5. The predicted molar refractivity (Wildman–Crippen MR) is 98.3 cm³/mol. The third-order valence-corrected chi connectivity index (χ3v) is 3.75. The van der Waals surface area contributed by atoms with Gasteiger partial charge in [-0.25, -0.2) is 4.79 Å². The number of nitrogens with zero attached hydrogens (tertiary/aromatic N) is 2. The van der Waals surface area contributed by atoms with Crippen LogP contribution in [0.5, 0.6) is 5.75 Å². The van der Waals surface area contributed by atoms with Crippen LogP contribution in [0.1, 0.15) is 26.5 Å². The maximum Gasteiger partial charge on any atom is 0.379 e. The van der Waals surface area contributed by atoms with Crippen LogP contribution in [0.4, 0.5) is 5.69 Å². The van der Waals surface area contributed by atoms with Crippen molar-refractivity contribution < 1.29 is 23.7 Å². The molecule has 0 saturated heterocycles. The van der Waals surface area contributed by atoms with Crippen LogP contribution < -0.4 is 10.6 Å². The Kier molecular flexibility index (Phi) is 5.26. The van der Waals surface area contributed by atoms with Gasteiger partial charge in [-0.05, 0) is 48.5 Å². The summed E-state index contributed by atoms with van der Waals surface area (Å²) < 4.78 is 10.1. The zero-order valence-electron chi connectivity index (χ0n) is 14.3. The molecule has 0 atom stereocenters. The minimum atomic E-state index is -0.660. The van der Waals surface area contributed by atoms with Crippen molar-refractivity contribution >= 4 is 23.2 Å². The second kappa shape index (κ2) is 7.96. The minimum Gasteiger partial charge on any atom is -0.457 e. The molecule has 0 aliphatic heterocycles. The second-order valence-electron chi connectivity index (χ2n) is 5.50. The lowest BCUT2D eigenvalue weighted by Gasteiger charge is -2.07. The quantitative estimate of drug-likeness (QED) is 0.132. The van der Waals surface area contributed by atoms with E-state index in [9.17, 15) is 19.7 Å². The number of furan rings is 1. The number of ether oxygens (including phenoxy) is 1. The van der Waals surface area contributed by atoms with E-state index >= 15 is 0 Å². The van der Waals surface area contributed by atoms with Crippen LogP contribution in [0.15, 0.2) is 76.4 Å². The van der Waals surface area contributed by atoms with Crippen molar-refractivity contribution in [2.75, 3.05) is 0 Å². The van der Waals surface area contributed by atoms with Crippen LogP contribution in [0.2, 0.25) is 0 Å². The highest BCUT2D eigenvalue weighted by atomic mass is 16.6. The number of ketones is 1. The first-order valence-electron chi connectivity index (χ1n) is 7.92. The molecule has 1 heterocycles. The minimum absolute atomic E-state index is 0.0437. The average Bonchev–Trinajstić information content (AvgIpc) is 3.25. The van der Waals surface area contributed by atoms with E-state index in [2.05, 4.69) is 5.10 Å². The maximum absolute atomic E-state index is 12.6. The fraction of sp³-hybridized carbons (Fsp3) is 0. The summed E-state index contributed by atoms with van der Waals surface area (Å²) in [6, 6.07) is 14.1. The monoisotopic (exact) mass is 379 g/mol. The molecule has 0 bridgehead atoms. The van der Waals surface area contributed by atoms with E-state index in [0.717, 1.165) is 0 Å². The number of esters is 1. The lowest BCUT2D eigenvalue weighted by Crippen LogP contribution is -2.18. The van der Waals surface area contributed by atoms with Gasteiger partial charge < -0.3 is 15.0 Å². The normalized spacial score (nSPS) is 11.1. The molecule has 9 nitrogen and oxygen atoms in total. The summed E-state index contributed by atoms with van der Waals surface area (Å²) in [5, 5.41) is 14.2. The summed E-state index contributed by atoms with van der Waals surface area (Å²) >= 11 is 0. The largest absolute Gasteiger partial charge is 0.457 e. The topological polar surface area (TPSA) is 138 Å². The summed E-state index contributed by atoms with van der Waals surface area (Å²) in [5.74, 6) is 4.50. The molecule has 3 aromatic rings. The second-order valence-corrected chi connectivity index (χ2v) is 5.50. The fourth-order valence-electron chi connectivity index (χ4n) is 2.37. The smallest absolute Gasteiger partial charge is 0.379 e. The average molecular weight is 379 g/mol. The zero-order chi connectivity index (χ0) is 20.1. The standard InChI is InChI=1S/C19H13N3O6/c20-21-17(18(23)13-3-7-14(8-4-13)22(25)26)12-5-9-15(10-6-12)28-19(24)16-2-1-11-27-16/h1-11H,20H2/b21-17+. The van der Waals surface area contributed by atoms with Crippen molar-refractivity contribution in [3.63, 3.8) is 0 Å². The molecule has 28 heavy (non-hydrogen) atoms. The molecule has 0 fully saturated rings. The van der Waals surface area contributed by atoms with Gasteiger partial charge >= 0.3 is 5.97 Å². The molecule has 0 unspecified atom stereocenters. The zero-order valence-corrected chi connectivity index (χ0v) is 14.3. The third kappa shape index (κ3) is 3.93. The van der Waals surface area contributed by atoms with Gasteiger partial charge in [-0.2, -0.15) is 5.10 Å². The Morgan fingerprint density at radius 3 is 2.18 bits per heavy atom. The van der Waals surface area contributed by atoms with E-state index in [-0.39, 0.29) is 28.5 Å². The van der Waals surface area contributed by atoms with Gasteiger partial charge in [0.15, 0.2) is 0 Å². The van der Waals surface area contributed by atoms with Crippen molar-refractivity contribution in [1.29, 1.82) is 0 Å². The summed E-state index contributed by atoms with van der Waals surface area (Å²) in [6.07, 6.45) is 1.35. The molecule has 0 saturated carbocycles. The number of hydrogen-bond acceptors (Lipinski definition) is 8. The van der Waals surface area contributed by atoms with Crippen LogP contribution in [0.3, 0.4) is 0 Å². The van der Waals surface area contributed by atoms with E-state index in [1.165, 1.54) is 60.9 Å². The van der Waals surface area contributed by atoms with Crippen LogP contribution in [0, 0.1) is 10.1 Å². The summed E-state index contributed by atoms with van der Waals surface area (Å²) in [7, 11) is 0. The van der Waals surface area contributed by atoms with Gasteiger partial charge in [0.25, 0.3) is 5.69 Å². The first-order valence-corrected chi connectivity index (χ1v) is 7.92. The lowest BCUT2D eigenvalue weighted by molar-refractivity contribution is -0.384. The molecule has 0 spiro atoms. The van der Waals surface area contributed by atoms with Crippen molar-refractivity contribution in [3.8, 4) is 5.75 Å². The van der Waals surface area contributed by atoms with Crippen LogP contribution in [0.25, 0.3) is 0 Å². The van der Waals surface area contributed by atoms with Crippen molar-refractivity contribution in [1.82, 2.24) is 0 Å². The fourth-order valence-corrected chi connectivity index (χ4v) is 2.37. The highest BCUT2D eigenvalue weighted by molar-refractivity contribution is 6.51. The molecule has 0 radical (unpaired) electrons. The van der Waals surface area contributed by atoms with Gasteiger partial charge in [0.2, 0.25) is 11.5 Å². The Morgan fingerprint density at radius 2 is 1.64 bits per heavy atom. The number of hydrazone groups is 1. The van der Waals surface area contributed by atoms with Gasteiger partial charge in [0.1, 0.15) is 11.5 Å². The van der Waals surface area contributed by atoms with Crippen LogP contribution in [-0.4, -0.2) is 22.4 Å². The Hall–Kier alpha value is -4.27. The van der Waals surface area contributed by atoms with E-state index in [1.807, 2.05) is 0 Å². The number of carbonyl (C=O) groups is 2. The molecule has 0 amide bonds. The molecule has 0 aliphatic rings. The number of benzene rings is 2. The number of nitrogens with two attached hydrogens (primary N) is 1. The number of nitro groups is 1. The van der Waals surface area contributed by atoms with E-state index in [4.69, 9.17) is 15.0 Å². The number of Topliss-reactive ketones (excluding diaryl/α,β-unsaturated/α-hetero) is 1. The summed E-state index contributed by atoms with van der Waals surface area (Å²) in [6.45, 7) is 0. The maximum atomic E-state index is 12.6. The molecule has 2 N–H and O–H groups in total. The van der Waals surface area contributed by atoms with Gasteiger partial charge in [-0.3, -0.25) is 14.9 Å². The number of carbonyl (C=O) groups excluding carboxylic acids is 2. The van der Waals surface area contributed by atoms with Gasteiger partial charge in [0.05, 0.1) is 11.2 Å². The predicted octanol–water partition coefficient (Wildman–Crippen LogP) is 2.95. The van der Waals surface area contributed by atoms with Gasteiger partial charge in [-0.1, -0.05) is 0 Å². The molecule has 1 aromatic heterocycles. The number of nitro benzene ring substituents is 1. The highest BCUT2D eigenvalue weighted by Crippen LogP contribution is 2.18. The molecule has 2 aromatic carbocycles.